The Kier molecular flexibility index (Phi) is 7.67. The lowest BCUT2D eigenvalue weighted by molar-refractivity contribution is -0.150. The molecule has 3 aromatic rings. The summed E-state index contributed by atoms with van der Waals surface area (Å²) in [5.41, 5.74) is -5.13. The van der Waals surface area contributed by atoms with Crippen LogP contribution < -0.4 is 20.7 Å². The monoisotopic (exact) mass is 532 g/mol. The molecule has 0 N–H and O–H groups in total. The molecular formula is C21H17ClF4N4O6. The molecule has 0 fully saturated rings. The van der Waals surface area contributed by atoms with Crippen LogP contribution in [0.2, 0.25) is 5.02 Å². The van der Waals surface area contributed by atoms with Crippen molar-refractivity contribution in [1.82, 2.24) is 19.1 Å². The first-order valence-electron chi connectivity index (χ1n) is 10.1. The molecule has 1 aromatic carbocycles. The number of carbonyl (C=O) groups excluding carboxylic acids is 1. The smallest absolute Gasteiger partial charge is 0.431 e. The zero-order chi connectivity index (χ0) is 26.8. The van der Waals surface area contributed by atoms with Gasteiger partial charge in [0.15, 0.2) is 11.9 Å². The fourth-order valence-electron chi connectivity index (χ4n) is 2.91. The van der Waals surface area contributed by atoms with Gasteiger partial charge < -0.3 is 14.2 Å². The minimum Gasteiger partial charge on any atom is -0.463 e. The number of alkyl halides is 3. The molecule has 2 aromatic heterocycles. The summed E-state index contributed by atoms with van der Waals surface area (Å²) in [7, 11) is 0.781. The van der Waals surface area contributed by atoms with Gasteiger partial charge >= 0.3 is 23.8 Å². The van der Waals surface area contributed by atoms with E-state index in [0.29, 0.717) is 6.07 Å². The Labute approximate surface area is 204 Å². The van der Waals surface area contributed by atoms with E-state index < -0.39 is 46.7 Å². The van der Waals surface area contributed by atoms with Crippen LogP contribution in [0.5, 0.6) is 17.6 Å². The fourth-order valence-corrected chi connectivity index (χ4v) is 3.10. The molecule has 0 amide bonds. The molecule has 0 bridgehead atoms. The van der Waals surface area contributed by atoms with Crippen molar-refractivity contribution in [3.63, 3.8) is 0 Å². The maximum absolute atomic E-state index is 14.7. The summed E-state index contributed by atoms with van der Waals surface area (Å²) in [6.45, 7) is 3.18. The van der Waals surface area contributed by atoms with Crippen LogP contribution in [0.4, 0.5) is 17.6 Å². The third-order valence-corrected chi connectivity index (χ3v) is 4.87. The van der Waals surface area contributed by atoms with Crippen LogP contribution in [0.25, 0.3) is 5.69 Å². The number of hydrogen-bond donors (Lipinski definition) is 0. The van der Waals surface area contributed by atoms with Gasteiger partial charge in [0.25, 0.3) is 5.56 Å². The summed E-state index contributed by atoms with van der Waals surface area (Å²) in [6.07, 6.45) is -4.80. The van der Waals surface area contributed by atoms with Crippen molar-refractivity contribution < 1.29 is 36.6 Å². The number of nitrogens with zero attached hydrogens (tertiary/aromatic N) is 4. The lowest BCUT2D eigenvalue weighted by Crippen LogP contribution is -2.41. The van der Waals surface area contributed by atoms with E-state index >= 15 is 0 Å². The molecule has 2 heterocycles. The van der Waals surface area contributed by atoms with Gasteiger partial charge in [-0.2, -0.15) is 18.2 Å². The maximum atomic E-state index is 14.7. The van der Waals surface area contributed by atoms with E-state index in [1.807, 2.05) is 0 Å². The Hall–Kier alpha value is -3.94. The second kappa shape index (κ2) is 10.4. The second-order valence-corrected chi connectivity index (χ2v) is 7.48. The predicted octanol–water partition coefficient (Wildman–Crippen LogP) is 3.26. The molecule has 10 nitrogen and oxygen atoms in total. The van der Waals surface area contributed by atoms with Crippen molar-refractivity contribution in [2.75, 3.05) is 6.61 Å². The van der Waals surface area contributed by atoms with Crippen molar-refractivity contribution in [2.24, 2.45) is 7.05 Å². The van der Waals surface area contributed by atoms with Crippen LogP contribution in [0, 0.1) is 5.82 Å². The van der Waals surface area contributed by atoms with E-state index in [1.165, 1.54) is 19.2 Å². The molecule has 0 aliphatic heterocycles. The SMILES string of the molecule is CCOC(=O)C(C)Oc1ccnc(Oc2cc(-n3c(=O)cc(C(F)(F)F)n(C)c3=O)c(F)cc2Cl)n1. The molecular weight excluding hydrogens is 516 g/mol. The molecule has 1 unspecified atom stereocenters. The zero-order valence-corrected chi connectivity index (χ0v) is 19.6. The number of ether oxygens (including phenoxy) is 3. The third kappa shape index (κ3) is 5.64. The highest BCUT2D eigenvalue weighted by Crippen LogP contribution is 2.32. The number of hydrogen-bond acceptors (Lipinski definition) is 8. The van der Waals surface area contributed by atoms with Gasteiger partial charge in [0.2, 0.25) is 5.88 Å². The number of aromatic nitrogens is 4. The Morgan fingerprint density at radius 1 is 1.22 bits per heavy atom. The largest absolute Gasteiger partial charge is 0.463 e. The highest BCUT2D eigenvalue weighted by Gasteiger charge is 2.35. The van der Waals surface area contributed by atoms with E-state index in [2.05, 4.69) is 9.97 Å². The molecule has 0 saturated carbocycles. The van der Waals surface area contributed by atoms with E-state index in [1.54, 1.807) is 6.92 Å². The minimum atomic E-state index is -4.99. The molecule has 15 heteroatoms. The van der Waals surface area contributed by atoms with Gasteiger partial charge in [-0.05, 0) is 19.9 Å². The van der Waals surface area contributed by atoms with Crippen molar-refractivity contribution in [1.29, 1.82) is 0 Å². The van der Waals surface area contributed by atoms with Crippen LogP contribution in [-0.2, 0) is 22.8 Å². The predicted molar refractivity (Wildman–Crippen MR) is 116 cm³/mol. The van der Waals surface area contributed by atoms with Gasteiger partial charge in [0.05, 0.1) is 17.3 Å². The summed E-state index contributed by atoms with van der Waals surface area (Å²) in [6, 6.07) is 2.61. The quantitative estimate of drug-likeness (QED) is 0.336. The molecule has 1 atom stereocenters. The van der Waals surface area contributed by atoms with Crippen molar-refractivity contribution in [3.05, 3.63) is 67.8 Å². The standard InChI is InChI=1S/C21H17ClF4N4O6/c1-4-34-18(32)10(2)35-16-5-6-27-19(28-16)36-14-8-13(12(23)7-11(14)22)30-17(31)9-15(21(24,25)26)29(3)20(30)33/h5-10H,4H2,1-3H3. The molecule has 192 valence electrons. The third-order valence-electron chi connectivity index (χ3n) is 4.58. The van der Waals surface area contributed by atoms with Gasteiger partial charge in [-0.15, -0.1) is 0 Å². The number of benzene rings is 1. The minimum absolute atomic E-state index is 0.0909. The molecule has 0 saturated heterocycles. The second-order valence-electron chi connectivity index (χ2n) is 7.07. The molecule has 0 aliphatic rings. The van der Waals surface area contributed by atoms with Crippen LogP contribution in [0.3, 0.4) is 0 Å². The van der Waals surface area contributed by atoms with Crippen molar-refractivity contribution in [3.8, 4) is 23.3 Å². The molecule has 0 radical (unpaired) electrons. The number of esters is 1. The Bertz CT molecular complexity index is 1420. The molecule has 3 rings (SSSR count). The topological polar surface area (TPSA) is 115 Å². The first kappa shape index (κ1) is 26.7. The average Bonchev–Trinajstić information content (AvgIpc) is 2.78. The highest BCUT2D eigenvalue weighted by atomic mass is 35.5. The van der Waals surface area contributed by atoms with Crippen LogP contribution in [0.15, 0.2) is 40.1 Å². The van der Waals surface area contributed by atoms with E-state index in [0.717, 1.165) is 13.1 Å². The number of halogens is 5. The summed E-state index contributed by atoms with van der Waals surface area (Å²) < 4.78 is 69.9. The maximum Gasteiger partial charge on any atom is 0.431 e. The summed E-state index contributed by atoms with van der Waals surface area (Å²) in [4.78, 5) is 44.4. The number of carbonyl (C=O) groups is 1. The van der Waals surface area contributed by atoms with Gasteiger partial charge in [-0.25, -0.2) is 23.5 Å². The summed E-state index contributed by atoms with van der Waals surface area (Å²) in [5.74, 6) is -2.26. The Morgan fingerprint density at radius 2 is 1.92 bits per heavy atom. The van der Waals surface area contributed by atoms with E-state index in [-0.39, 0.29) is 44.5 Å². The summed E-state index contributed by atoms with van der Waals surface area (Å²) >= 11 is 6.00. The fraction of sp³-hybridized carbons (Fsp3) is 0.286. The summed E-state index contributed by atoms with van der Waals surface area (Å²) in [5, 5.41) is -0.331. The number of rotatable bonds is 7. The molecule has 36 heavy (non-hydrogen) atoms. The first-order valence-corrected chi connectivity index (χ1v) is 10.4. The lowest BCUT2D eigenvalue weighted by Gasteiger charge is -2.15. The van der Waals surface area contributed by atoms with Crippen molar-refractivity contribution >= 4 is 17.6 Å². The van der Waals surface area contributed by atoms with Gasteiger partial charge in [-0.1, -0.05) is 11.6 Å². The van der Waals surface area contributed by atoms with E-state index in [9.17, 15) is 31.9 Å². The average molecular weight is 533 g/mol. The lowest BCUT2D eigenvalue weighted by atomic mass is 10.2. The first-order chi connectivity index (χ1) is 16.8. The highest BCUT2D eigenvalue weighted by molar-refractivity contribution is 6.32. The van der Waals surface area contributed by atoms with Crippen molar-refractivity contribution in [2.45, 2.75) is 26.1 Å². The normalized spacial score (nSPS) is 12.2. The van der Waals surface area contributed by atoms with E-state index in [4.69, 9.17) is 25.8 Å². The Balaban J connectivity index is 1.99. The van der Waals surface area contributed by atoms with Gasteiger partial charge in [0.1, 0.15) is 11.5 Å². The Morgan fingerprint density at radius 3 is 2.56 bits per heavy atom. The molecule has 0 spiro atoms. The van der Waals surface area contributed by atoms with Crippen LogP contribution >= 0.6 is 11.6 Å². The van der Waals surface area contributed by atoms with Crippen LogP contribution in [-0.4, -0.2) is 37.8 Å². The molecule has 0 aliphatic carbocycles. The van der Waals surface area contributed by atoms with Gasteiger partial charge in [0, 0.05) is 31.4 Å². The zero-order valence-electron chi connectivity index (χ0n) is 18.8. The van der Waals surface area contributed by atoms with Gasteiger partial charge in [-0.3, -0.25) is 9.36 Å². The van der Waals surface area contributed by atoms with Crippen LogP contribution in [0.1, 0.15) is 19.5 Å².